The number of nitrogens with one attached hydrogen (secondary N) is 1. The topological polar surface area (TPSA) is 82.0 Å². The SMILES string of the molecule is C=CCc1cc(/C=N/NC(=O)COc2cccc3cccnc23)cc(OCC)c1OCc1ccccc1Cl. The largest absolute Gasteiger partial charge is 0.490 e. The zero-order valence-electron chi connectivity index (χ0n) is 21.0. The van der Waals surface area contributed by atoms with Crippen LogP contribution in [0.3, 0.4) is 0 Å². The molecule has 1 aromatic heterocycles. The van der Waals surface area contributed by atoms with Crippen LogP contribution in [0.4, 0.5) is 0 Å². The molecule has 0 bridgehead atoms. The summed E-state index contributed by atoms with van der Waals surface area (Å²) in [4.78, 5) is 16.7. The van der Waals surface area contributed by atoms with Crippen molar-refractivity contribution in [2.75, 3.05) is 13.2 Å². The maximum Gasteiger partial charge on any atom is 0.277 e. The van der Waals surface area contributed by atoms with Crippen molar-refractivity contribution in [3.63, 3.8) is 0 Å². The first-order chi connectivity index (χ1) is 18.6. The van der Waals surface area contributed by atoms with Gasteiger partial charge in [-0.15, -0.1) is 6.58 Å². The highest BCUT2D eigenvalue weighted by Crippen LogP contribution is 2.34. The molecule has 194 valence electrons. The molecule has 0 atom stereocenters. The molecule has 0 aliphatic rings. The average molecular weight is 530 g/mol. The molecule has 1 heterocycles. The number of aromatic nitrogens is 1. The summed E-state index contributed by atoms with van der Waals surface area (Å²) >= 11 is 6.29. The molecular formula is C30H28ClN3O4. The normalized spacial score (nSPS) is 10.9. The van der Waals surface area contributed by atoms with Gasteiger partial charge in [-0.05, 0) is 49.2 Å². The number of pyridine rings is 1. The third kappa shape index (κ3) is 6.89. The Morgan fingerprint density at radius 3 is 2.68 bits per heavy atom. The number of carbonyl (C=O) groups is 1. The monoisotopic (exact) mass is 529 g/mol. The fourth-order valence-electron chi connectivity index (χ4n) is 3.80. The molecule has 7 nitrogen and oxygen atoms in total. The number of carbonyl (C=O) groups excluding carboxylic acids is 1. The van der Waals surface area contributed by atoms with E-state index in [4.69, 9.17) is 25.8 Å². The van der Waals surface area contributed by atoms with E-state index in [9.17, 15) is 4.79 Å². The average Bonchev–Trinajstić information content (AvgIpc) is 2.92. The summed E-state index contributed by atoms with van der Waals surface area (Å²) in [5.74, 6) is 1.32. The Morgan fingerprint density at radius 1 is 1.03 bits per heavy atom. The van der Waals surface area contributed by atoms with Crippen molar-refractivity contribution in [3.8, 4) is 17.2 Å². The van der Waals surface area contributed by atoms with Crippen LogP contribution in [0.5, 0.6) is 17.2 Å². The fourth-order valence-corrected chi connectivity index (χ4v) is 3.99. The third-order valence-corrected chi connectivity index (χ3v) is 5.87. The van der Waals surface area contributed by atoms with Crippen molar-refractivity contribution in [1.29, 1.82) is 0 Å². The summed E-state index contributed by atoms with van der Waals surface area (Å²) in [5, 5.41) is 5.66. The van der Waals surface area contributed by atoms with Crippen LogP contribution >= 0.6 is 11.6 Å². The van der Waals surface area contributed by atoms with Gasteiger partial charge in [0.25, 0.3) is 5.91 Å². The van der Waals surface area contributed by atoms with Gasteiger partial charge in [-0.1, -0.05) is 54.1 Å². The van der Waals surface area contributed by atoms with Crippen LogP contribution in [0.15, 0.2) is 90.7 Å². The number of nitrogens with zero attached hydrogens (tertiary/aromatic N) is 2. The van der Waals surface area contributed by atoms with E-state index in [1.165, 1.54) is 0 Å². The summed E-state index contributed by atoms with van der Waals surface area (Å²) in [7, 11) is 0. The minimum atomic E-state index is -0.398. The smallest absolute Gasteiger partial charge is 0.277 e. The molecule has 0 aliphatic heterocycles. The summed E-state index contributed by atoms with van der Waals surface area (Å²) in [6.07, 6.45) is 5.57. The van der Waals surface area contributed by atoms with Gasteiger partial charge >= 0.3 is 0 Å². The molecule has 0 saturated carbocycles. The van der Waals surface area contributed by atoms with E-state index in [1.54, 1.807) is 24.6 Å². The van der Waals surface area contributed by atoms with E-state index >= 15 is 0 Å². The molecule has 0 fully saturated rings. The predicted octanol–water partition coefficient (Wildman–Crippen LogP) is 6.12. The molecule has 0 radical (unpaired) electrons. The van der Waals surface area contributed by atoms with Gasteiger partial charge in [0, 0.05) is 27.7 Å². The molecule has 0 saturated heterocycles. The van der Waals surface area contributed by atoms with Gasteiger partial charge < -0.3 is 14.2 Å². The zero-order chi connectivity index (χ0) is 26.7. The van der Waals surface area contributed by atoms with Crippen LogP contribution in [0.25, 0.3) is 10.9 Å². The first kappa shape index (κ1) is 26.7. The van der Waals surface area contributed by atoms with E-state index in [1.807, 2.05) is 67.6 Å². The number of ether oxygens (including phenoxy) is 3. The number of para-hydroxylation sites is 1. The van der Waals surface area contributed by atoms with Crippen LogP contribution in [-0.2, 0) is 17.8 Å². The summed E-state index contributed by atoms with van der Waals surface area (Å²) < 4.78 is 17.7. The number of halogens is 1. The van der Waals surface area contributed by atoms with Gasteiger partial charge in [0.05, 0.1) is 12.8 Å². The number of rotatable bonds is 12. The molecule has 0 spiro atoms. The van der Waals surface area contributed by atoms with Crippen molar-refractivity contribution in [2.45, 2.75) is 20.0 Å². The van der Waals surface area contributed by atoms with E-state index in [0.29, 0.717) is 47.4 Å². The second-order valence-electron chi connectivity index (χ2n) is 8.23. The lowest BCUT2D eigenvalue weighted by molar-refractivity contribution is -0.123. The lowest BCUT2D eigenvalue weighted by Crippen LogP contribution is -2.24. The molecule has 4 rings (SSSR count). The Labute approximate surface area is 226 Å². The Balaban J connectivity index is 1.44. The van der Waals surface area contributed by atoms with Crippen LogP contribution in [0.1, 0.15) is 23.6 Å². The Hall–Kier alpha value is -4.36. The molecule has 1 N–H and O–H groups in total. The summed E-state index contributed by atoms with van der Waals surface area (Å²) in [5.41, 5.74) is 5.67. The Morgan fingerprint density at radius 2 is 1.87 bits per heavy atom. The Kier molecular flexibility index (Phi) is 9.32. The van der Waals surface area contributed by atoms with Crippen LogP contribution in [0.2, 0.25) is 5.02 Å². The molecular weight excluding hydrogens is 502 g/mol. The van der Waals surface area contributed by atoms with Crippen molar-refractivity contribution in [2.24, 2.45) is 5.10 Å². The lowest BCUT2D eigenvalue weighted by Gasteiger charge is -2.17. The number of hydrogen-bond acceptors (Lipinski definition) is 6. The number of amides is 1. The van der Waals surface area contributed by atoms with Gasteiger partial charge in [-0.3, -0.25) is 9.78 Å². The lowest BCUT2D eigenvalue weighted by atomic mass is 10.1. The number of benzene rings is 3. The standard InChI is InChI=1S/C30H28ClN3O4/c1-3-9-23-16-21(17-27(36-4-2)30(23)38-19-24-10-5-6-13-25(24)31)18-33-34-28(35)20-37-26-14-7-11-22-12-8-15-32-29(22)26/h3,5-8,10-18H,1,4,9,19-20H2,2H3,(H,34,35)/b33-18+. The fraction of sp³-hybridized carbons (Fsp3) is 0.167. The first-order valence-corrected chi connectivity index (χ1v) is 12.5. The van der Waals surface area contributed by atoms with Crippen LogP contribution < -0.4 is 19.6 Å². The highest BCUT2D eigenvalue weighted by atomic mass is 35.5. The van der Waals surface area contributed by atoms with E-state index in [-0.39, 0.29) is 6.61 Å². The van der Waals surface area contributed by atoms with Gasteiger partial charge in [-0.25, -0.2) is 5.43 Å². The van der Waals surface area contributed by atoms with Crippen molar-refractivity contribution >= 4 is 34.6 Å². The van der Waals surface area contributed by atoms with Crippen molar-refractivity contribution < 1.29 is 19.0 Å². The van der Waals surface area contributed by atoms with E-state index in [0.717, 1.165) is 22.1 Å². The molecule has 3 aromatic carbocycles. The highest BCUT2D eigenvalue weighted by molar-refractivity contribution is 6.31. The van der Waals surface area contributed by atoms with Gasteiger partial charge in [0.15, 0.2) is 18.1 Å². The summed E-state index contributed by atoms with van der Waals surface area (Å²) in [6.45, 7) is 6.30. The van der Waals surface area contributed by atoms with Crippen molar-refractivity contribution in [1.82, 2.24) is 10.4 Å². The molecule has 0 aliphatic carbocycles. The maximum absolute atomic E-state index is 12.3. The number of hydrazone groups is 1. The van der Waals surface area contributed by atoms with E-state index in [2.05, 4.69) is 22.1 Å². The number of allylic oxidation sites excluding steroid dienone is 1. The highest BCUT2D eigenvalue weighted by Gasteiger charge is 2.14. The number of hydrogen-bond donors (Lipinski definition) is 1. The molecule has 0 unspecified atom stereocenters. The molecule has 4 aromatic rings. The molecule has 1 amide bonds. The second kappa shape index (κ2) is 13.3. The predicted molar refractivity (Wildman–Crippen MR) is 150 cm³/mol. The van der Waals surface area contributed by atoms with Crippen molar-refractivity contribution in [3.05, 3.63) is 107 Å². The minimum Gasteiger partial charge on any atom is -0.490 e. The van der Waals surface area contributed by atoms with Gasteiger partial charge in [0.2, 0.25) is 0 Å². The molecule has 38 heavy (non-hydrogen) atoms. The Bertz CT molecular complexity index is 1450. The summed E-state index contributed by atoms with van der Waals surface area (Å²) in [6, 6.07) is 20.6. The van der Waals surface area contributed by atoms with E-state index < -0.39 is 5.91 Å². The zero-order valence-corrected chi connectivity index (χ0v) is 21.8. The number of fused-ring (bicyclic) bond motifs is 1. The van der Waals surface area contributed by atoms with Gasteiger partial charge in [-0.2, -0.15) is 5.10 Å². The van der Waals surface area contributed by atoms with Crippen LogP contribution in [0, 0.1) is 0 Å². The molecule has 8 heteroatoms. The minimum absolute atomic E-state index is 0.201. The first-order valence-electron chi connectivity index (χ1n) is 12.1. The van der Waals surface area contributed by atoms with Gasteiger partial charge in [0.1, 0.15) is 17.9 Å². The van der Waals surface area contributed by atoms with Crippen LogP contribution in [-0.4, -0.2) is 30.3 Å². The second-order valence-corrected chi connectivity index (χ2v) is 8.63. The quantitative estimate of drug-likeness (QED) is 0.136. The maximum atomic E-state index is 12.3. The third-order valence-electron chi connectivity index (χ3n) is 5.51.